The molecule has 9 nitrogen and oxygen atoms in total. The molecule has 1 fully saturated rings. The first kappa shape index (κ1) is 40.7. The van der Waals surface area contributed by atoms with Crippen molar-refractivity contribution in [3.63, 3.8) is 0 Å². The molecule has 4 amide bonds. The molecular weight excluding hydrogens is 797 g/mol. The van der Waals surface area contributed by atoms with Gasteiger partial charge in [-0.25, -0.2) is 18.4 Å². The molecule has 1 saturated carbocycles. The van der Waals surface area contributed by atoms with Crippen molar-refractivity contribution in [1.82, 2.24) is 0 Å². The molecule has 0 spiro atoms. The smallest absolute Gasteiger partial charge is 0.424 e. The number of aryl methyl sites for hydroxylation is 1. The number of anilines is 3. The molecule has 0 radical (unpaired) electrons. The second-order valence-corrected chi connectivity index (χ2v) is 16.6. The number of hydrogen-bond acceptors (Lipinski definition) is 6. The number of benzene rings is 3. The number of hydrogen-bond donors (Lipinski definition) is 2. The molecule has 3 aromatic carbocycles. The Labute approximate surface area is 322 Å². The van der Waals surface area contributed by atoms with E-state index in [0.717, 1.165) is 6.07 Å². The Morgan fingerprint density at radius 2 is 1.29 bits per heavy atom. The van der Waals surface area contributed by atoms with Gasteiger partial charge in [-0.1, -0.05) is 46.4 Å². The lowest BCUT2D eigenvalue weighted by Gasteiger charge is -2.29. The summed E-state index contributed by atoms with van der Waals surface area (Å²) in [5, 5.41) is 5.29. The van der Waals surface area contributed by atoms with Gasteiger partial charge in [0.15, 0.2) is 5.82 Å². The van der Waals surface area contributed by atoms with Crippen molar-refractivity contribution in [3.05, 3.63) is 84.8 Å². The number of rotatable bonds is 6. The monoisotopic (exact) mass is 825 g/mol. The normalized spacial score (nSPS) is 16.6. The molecule has 2 atom stereocenters. The van der Waals surface area contributed by atoms with Crippen molar-refractivity contribution >= 4 is 111 Å². The maximum absolute atomic E-state index is 15.2. The van der Waals surface area contributed by atoms with Crippen LogP contribution in [0.25, 0.3) is 0 Å². The van der Waals surface area contributed by atoms with Crippen LogP contribution < -0.4 is 15.5 Å². The minimum Gasteiger partial charge on any atom is -0.443 e. The highest BCUT2D eigenvalue weighted by Crippen LogP contribution is 2.65. The SMILES string of the molecule is Cc1cc(NC(=O)[C@H]2[C@H](c3cc(Cl)c(Cl)c(Cl)c3)C2(Cl)Cl)cc(C(=O)Nc2cc(N(C(=O)OC(C)(C)C)C(=O)OC(C)(C)C)c(F)cc2F)c1Cl. The zero-order chi connectivity index (χ0) is 38.5. The molecule has 0 unspecified atom stereocenters. The van der Waals surface area contributed by atoms with Crippen LogP contribution >= 0.6 is 69.6 Å². The predicted molar refractivity (Wildman–Crippen MR) is 196 cm³/mol. The standard InChI is InChI=1S/C34H31Cl6F2N3O6/c1-14-8-16(43-29(47)25-24(34(25,39)40)15-9-18(35)27(38)19(36)10-15)11-17(26(14)37)28(46)44-22-13-23(21(42)12-20(22)41)45(30(48)50-32(2,3)4)31(49)51-33(5,6)7/h8-13,24-25H,1-7H3,(H,43,47)(H,44,46)/t24-,25+/m0/s1. The second-order valence-electron chi connectivity index (χ2n) is 13.6. The number of ether oxygens (including phenoxy) is 2. The third-order valence-electron chi connectivity index (χ3n) is 7.15. The average molecular weight is 828 g/mol. The minimum atomic E-state index is -1.53. The number of halogens is 8. The average Bonchev–Trinajstić information content (AvgIpc) is 3.55. The molecule has 0 aromatic heterocycles. The van der Waals surface area contributed by atoms with Crippen molar-refractivity contribution < 1.29 is 37.4 Å². The summed E-state index contributed by atoms with van der Waals surface area (Å²) in [6, 6.07) is 6.80. The van der Waals surface area contributed by atoms with Crippen molar-refractivity contribution in [1.29, 1.82) is 0 Å². The Hall–Kier alpha value is -3.06. The molecule has 4 rings (SSSR count). The first-order valence-electron chi connectivity index (χ1n) is 15.0. The molecule has 0 heterocycles. The summed E-state index contributed by atoms with van der Waals surface area (Å²) in [7, 11) is 0. The number of amides is 4. The van der Waals surface area contributed by atoms with Gasteiger partial charge in [-0.3, -0.25) is 9.59 Å². The molecule has 0 saturated heterocycles. The molecule has 0 bridgehead atoms. The number of carbonyl (C=O) groups excluding carboxylic acids is 4. The van der Waals surface area contributed by atoms with E-state index in [0.29, 0.717) is 17.2 Å². The highest BCUT2D eigenvalue weighted by molar-refractivity contribution is 6.54. The van der Waals surface area contributed by atoms with Crippen molar-refractivity contribution in [2.45, 2.75) is 69.9 Å². The van der Waals surface area contributed by atoms with Crippen LogP contribution in [0.3, 0.4) is 0 Å². The van der Waals surface area contributed by atoms with Gasteiger partial charge in [-0.05, 0) is 89.9 Å². The molecule has 2 N–H and O–H groups in total. The summed E-state index contributed by atoms with van der Waals surface area (Å²) in [6.45, 7) is 10.7. The summed E-state index contributed by atoms with van der Waals surface area (Å²) in [5.41, 5.74) is -2.94. The zero-order valence-electron chi connectivity index (χ0n) is 28.0. The van der Waals surface area contributed by atoms with Crippen LogP contribution in [-0.2, 0) is 14.3 Å². The van der Waals surface area contributed by atoms with Crippen LogP contribution in [-0.4, -0.2) is 39.5 Å². The van der Waals surface area contributed by atoms with Gasteiger partial charge in [0.2, 0.25) is 5.91 Å². The predicted octanol–water partition coefficient (Wildman–Crippen LogP) is 11.3. The first-order valence-corrected chi connectivity index (χ1v) is 17.3. The largest absolute Gasteiger partial charge is 0.443 e. The van der Waals surface area contributed by atoms with Crippen LogP contribution in [0, 0.1) is 24.5 Å². The summed E-state index contributed by atoms with van der Waals surface area (Å²) < 4.78 is 39.4. The van der Waals surface area contributed by atoms with Crippen molar-refractivity contribution in [2.24, 2.45) is 5.92 Å². The Kier molecular flexibility index (Phi) is 11.8. The topological polar surface area (TPSA) is 114 Å². The van der Waals surface area contributed by atoms with Crippen molar-refractivity contribution in [2.75, 3.05) is 15.5 Å². The number of nitrogens with one attached hydrogen (secondary N) is 2. The summed E-state index contributed by atoms with van der Waals surface area (Å²) >= 11 is 37.8. The van der Waals surface area contributed by atoms with Crippen LogP contribution in [0.4, 0.5) is 35.4 Å². The first-order chi connectivity index (χ1) is 23.3. The second kappa shape index (κ2) is 14.8. The van der Waals surface area contributed by atoms with Crippen LogP contribution in [0.1, 0.15) is 68.9 Å². The Bertz CT molecular complexity index is 1900. The maximum atomic E-state index is 15.2. The number of imide groups is 1. The Morgan fingerprint density at radius 3 is 1.80 bits per heavy atom. The van der Waals surface area contributed by atoms with E-state index in [-0.39, 0.29) is 36.2 Å². The minimum absolute atomic E-state index is 0.0591. The fourth-order valence-corrected chi connectivity index (χ4v) is 6.57. The highest BCUT2D eigenvalue weighted by atomic mass is 35.5. The molecule has 0 aliphatic heterocycles. The van der Waals surface area contributed by atoms with E-state index < -0.39 is 74.4 Å². The zero-order valence-corrected chi connectivity index (χ0v) is 32.6. The van der Waals surface area contributed by atoms with Crippen LogP contribution in [0.15, 0.2) is 36.4 Å². The van der Waals surface area contributed by atoms with Gasteiger partial charge in [0.05, 0.1) is 42.9 Å². The van der Waals surface area contributed by atoms with E-state index >= 15 is 8.78 Å². The maximum Gasteiger partial charge on any atom is 0.424 e. The molecule has 3 aromatic rings. The fourth-order valence-electron chi connectivity index (χ4n) is 4.93. The van der Waals surface area contributed by atoms with Gasteiger partial charge >= 0.3 is 12.2 Å². The lowest BCUT2D eigenvalue weighted by Crippen LogP contribution is -2.44. The summed E-state index contributed by atoms with van der Waals surface area (Å²) in [6.07, 6.45) is -2.64. The van der Waals surface area contributed by atoms with E-state index in [1.165, 1.54) is 65.8 Å². The van der Waals surface area contributed by atoms with E-state index in [9.17, 15) is 19.2 Å². The van der Waals surface area contributed by atoms with E-state index in [1.807, 2.05) is 0 Å². The van der Waals surface area contributed by atoms with E-state index in [2.05, 4.69) is 10.6 Å². The third kappa shape index (κ3) is 9.30. The Balaban J connectivity index is 1.63. The molecule has 1 aliphatic carbocycles. The molecular formula is C34H31Cl6F2N3O6. The van der Waals surface area contributed by atoms with Gasteiger partial charge in [0, 0.05) is 17.7 Å². The van der Waals surface area contributed by atoms with E-state index in [4.69, 9.17) is 79.1 Å². The number of alkyl halides is 2. The van der Waals surface area contributed by atoms with Crippen LogP contribution in [0.5, 0.6) is 0 Å². The van der Waals surface area contributed by atoms with Gasteiger partial charge in [-0.2, -0.15) is 4.90 Å². The highest BCUT2D eigenvalue weighted by Gasteiger charge is 2.67. The molecule has 274 valence electrons. The van der Waals surface area contributed by atoms with Gasteiger partial charge in [0.1, 0.15) is 21.4 Å². The van der Waals surface area contributed by atoms with Gasteiger partial charge < -0.3 is 20.1 Å². The lowest BCUT2D eigenvalue weighted by atomic mass is 10.1. The fraction of sp³-hybridized carbons (Fsp3) is 0.353. The molecule has 17 heteroatoms. The molecule has 1 aliphatic rings. The van der Waals surface area contributed by atoms with Gasteiger partial charge in [0.25, 0.3) is 5.91 Å². The summed E-state index contributed by atoms with van der Waals surface area (Å²) in [4.78, 5) is 53.3. The number of carbonyl (C=O) groups is 4. The van der Waals surface area contributed by atoms with E-state index in [1.54, 1.807) is 6.92 Å². The third-order valence-corrected chi connectivity index (χ3v) is 9.78. The van der Waals surface area contributed by atoms with Crippen molar-refractivity contribution in [3.8, 4) is 0 Å². The van der Waals surface area contributed by atoms with Crippen LogP contribution in [0.2, 0.25) is 20.1 Å². The lowest BCUT2D eigenvalue weighted by molar-refractivity contribution is -0.117. The molecule has 51 heavy (non-hydrogen) atoms. The quantitative estimate of drug-likeness (QED) is 0.189. The number of nitrogens with zero attached hydrogens (tertiary/aromatic N) is 1. The summed E-state index contributed by atoms with van der Waals surface area (Å²) in [5.74, 6) is -5.86. The Morgan fingerprint density at radius 1 is 0.765 bits per heavy atom. The van der Waals surface area contributed by atoms with Gasteiger partial charge in [-0.15, -0.1) is 23.2 Å².